The Balaban J connectivity index is 1.97. The maximum absolute atomic E-state index is 12.3. The van der Waals surface area contributed by atoms with Crippen molar-refractivity contribution in [2.45, 2.75) is 39.2 Å². The van der Waals surface area contributed by atoms with Crippen molar-refractivity contribution in [2.75, 3.05) is 17.1 Å². The number of aryl methyl sites for hydroxylation is 1. The number of nitro groups is 1. The number of hydrogen-bond donors (Lipinski definition) is 1. The number of nitrogens with one attached hydrogen (secondary N) is 1. The van der Waals surface area contributed by atoms with Crippen LogP contribution < -0.4 is 9.62 Å². The molecule has 1 N–H and O–H groups in total. The molecule has 0 saturated carbocycles. The van der Waals surface area contributed by atoms with Crippen molar-refractivity contribution in [3.05, 3.63) is 69.8 Å². The third-order valence-electron chi connectivity index (χ3n) is 4.76. The van der Waals surface area contributed by atoms with Gasteiger partial charge in [-0.2, -0.15) is 0 Å². The lowest BCUT2D eigenvalue weighted by Crippen LogP contribution is -2.32. The number of nitro benzene ring substituents is 1. The summed E-state index contributed by atoms with van der Waals surface area (Å²) in [5.74, 6) is -0.186. The van der Waals surface area contributed by atoms with Gasteiger partial charge in [-0.15, -0.1) is 0 Å². The summed E-state index contributed by atoms with van der Waals surface area (Å²) in [5, 5.41) is 13.9. The average molecular weight is 434 g/mol. The Bertz CT molecular complexity index is 990. The molecule has 0 aromatic heterocycles. The van der Waals surface area contributed by atoms with E-state index in [-0.39, 0.29) is 42.7 Å². The van der Waals surface area contributed by atoms with E-state index in [1.807, 2.05) is 31.2 Å². The van der Waals surface area contributed by atoms with Gasteiger partial charge in [-0.25, -0.2) is 8.42 Å². The molecule has 162 valence electrons. The van der Waals surface area contributed by atoms with E-state index in [4.69, 9.17) is 0 Å². The number of nitrogens with zero attached hydrogens (tertiary/aromatic N) is 2. The molecule has 1 unspecified atom stereocenters. The van der Waals surface area contributed by atoms with Crippen molar-refractivity contribution in [1.29, 1.82) is 0 Å². The second-order valence-corrected chi connectivity index (χ2v) is 9.01. The van der Waals surface area contributed by atoms with Crippen LogP contribution in [0.1, 0.15) is 43.9 Å². The number of carbonyl (C=O) groups excluding carboxylic acids is 1. The van der Waals surface area contributed by atoms with Crippen LogP contribution in [0, 0.1) is 10.1 Å². The van der Waals surface area contributed by atoms with Gasteiger partial charge in [0.15, 0.2) is 0 Å². The lowest BCUT2D eigenvalue weighted by molar-refractivity contribution is -0.384. The molecule has 1 atom stereocenters. The highest BCUT2D eigenvalue weighted by atomic mass is 32.2. The molecular weight excluding hydrogens is 406 g/mol. The van der Waals surface area contributed by atoms with Crippen molar-refractivity contribution in [3.8, 4) is 0 Å². The lowest BCUT2D eigenvalue weighted by atomic mass is 10.0. The number of non-ortho nitro benzene ring substituents is 1. The predicted octanol–water partition coefficient (Wildman–Crippen LogP) is 3.58. The largest absolute Gasteiger partial charge is 0.350 e. The number of rotatable bonds is 10. The maximum atomic E-state index is 12.3. The second-order valence-electron chi connectivity index (χ2n) is 7.10. The van der Waals surface area contributed by atoms with Crippen LogP contribution in [0.4, 0.5) is 11.4 Å². The first-order valence-electron chi connectivity index (χ1n) is 9.72. The van der Waals surface area contributed by atoms with Gasteiger partial charge < -0.3 is 5.32 Å². The molecule has 0 aliphatic rings. The van der Waals surface area contributed by atoms with Crippen molar-refractivity contribution < 1.29 is 18.1 Å². The van der Waals surface area contributed by atoms with E-state index in [9.17, 15) is 23.3 Å². The molecule has 8 nitrogen and oxygen atoms in total. The third kappa shape index (κ3) is 6.55. The molecule has 0 heterocycles. The molecule has 1 amide bonds. The minimum atomic E-state index is -3.65. The van der Waals surface area contributed by atoms with Gasteiger partial charge in [0.2, 0.25) is 15.9 Å². The van der Waals surface area contributed by atoms with Crippen LogP contribution in [0.3, 0.4) is 0 Å². The number of carbonyl (C=O) groups is 1. The number of benzene rings is 2. The Hall–Kier alpha value is -2.94. The summed E-state index contributed by atoms with van der Waals surface area (Å²) in [4.78, 5) is 22.7. The van der Waals surface area contributed by atoms with Crippen LogP contribution in [-0.2, 0) is 21.2 Å². The molecule has 2 rings (SSSR count). The highest BCUT2D eigenvalue weighted by Gasteiger charge is 2.20. The molecule has 30 heavy (non-hydrogen) atoms. The smallest absolute Gasteiger partial charge is 0.271 e. The Morgan fingerprint density at radius 2 is 1.87 bits per heavy atom. The van der Waals surface area contributed by atoms with Gasteiger partial charge in [0.05, 0.1) is 22.9 Å². The summed E-state index contributed by atoms with van der Waals surface area (Å²) in [7, 11) is -3.65. The summed E-state index contributed by atoms with van der Waals surface area (Å²) in [6.07, 6.45) is 2.40. The summed E-state index contributed by atoms with van der Waals surface area (Å²) in [5.41, 5.74) is 2.23. The van der Waals surface area contributed by atoms with Gasteiger partial charge in [0, 0.05) is 25.1 Å². The molecule has 0 fully saturated rings. The molecule has 2 aromatic rings. The molecule has 9 heteroatoms. The molecule has 0 aliphatic carbocycles. The number of amides is 1. The van der Waals surface area contributed by atoms with Crippen LogP contribution in [0.2, 0.25) is 0 Å². The number of anilines is 1. The SMILES string of the molecule is CCc1ccc(C(C)NC(=O)CCCN(c2cccc([N+](=O)[O-])c2)S(C)(=O)=O)cc1. The fourth-order valence-corrected chi connectivity index (χ4v) is 4.03. The van der Waals surface area contributed by atoms with Gasteiger partial charge in [-0.05, 0) is 37.0 Å². The fraction of sp³-hybridized carbons (Fsp3) is 0.381. The quantitative estimate of drug-likeness (QED) is 0.455. The van der Waals surface area contributed by atoms with Crippen LogP contribution >= 0.6 is 0 Å². The van der Waals surface area contributed by atoms with Crippen LogP contribution in [0.5, 0.6) is 0 Å². The molecule has 0 saturated heterocycles. The average Bonchev–Trinajstić information content (AvgIpc) is 2.70. The minimum Gasteiger partial charge on any atom is -0.350 e. The highest BCUT2D eigenvalue weighted by Crippen LogP contribution is 2.23. The number of hydrogen-bond acceptors (Lipinski definition) is 5. The summed E-state index contributed by atoms with van der Waals surface area (Å²) < 4.78 is 25.4. The van der Waals surface area contributed by atoms with Gasteiger partial charge in [0.25, 0.3) is 5.69 Å². The Kier molecular flexibility index (Phi) is 7.93. The van der Waals surface area contributed by atoms with E-state index in [1.54, 1.807) is 0 Å². The number of sulfonamides is 1. The lowest BCUT2D eigenvalue weighted by Gasteiger charge is -2.22. The fourth-order valence-electron chi connectivity index (χ4n) is 3.07. The third-order valence-corrected chi connectivity index (χ3v) is 5.95. The first-order valence-corrected chi connectivity index (χ1v) is 11.6. The molecular formula is C21H27N3O5S. The maximum Gasteiger partial charge on any atom is 0.271 e. The van der Waals surface area contributed by atoms with E-state index in [1.165, 1.54) is 29.8 Å². The first kappa shape index (κ1) is 23.3. The monoisotopic (exact) mass is 433 g/mol. The molecule has 0 bridgehead atoms. The second kappa shape index (κ2) is 10.2. The summed E-state index contributed by atoms with van der Waals surface area (Å²) >= 11 is 0. The van der Waals surface area contributed by atoms with Crippen molar-refractivity contribution >= 4 is 27.3 Å². The normalized spacial score (nSPS) is 12.2. The van der Waals surface area contributed by atoms with E-state index in [0.717, 1.165) is 22.5 Å². The molecule has 0 spiro atoms. The zero-order valence-electron chi connectivity index (χ0n) is 17.4. The molecule has 0 aliphatic heterocycles. The van der Waals surface area contributed by atoms with Gasteiger partial charge in [0.1, 0.15) is 0 Å². The van der Waals surface area contributed by atoms with Gasteiger partial charge >= 0.3 is 0 Å². The summed E-state index contributed by atoms with van der Waals surface area (Å²) in [6, 6.07) is 13.3. The predicted molar refractivity (Wildman–Crippen MR) is 117 cm³/mol. The first-order chi connectivity index (χ1) is 14.1. The van der Waals surface area contributed by atoms with Gasteiger partial charge in [-0.3, -0.25) is 19.2 Å². The van der Waals surface area contributed by atoms with Crippen LogP contribution in [0.25, 0.3) is 0 Å². The van der Waals surface area contributed by atoms with Crippen molar-refractivity contribution in [1.82, 2.24) is 5.32 Å². The Morgan fingerprint density at radius 1 is 1.20 bits per heavy atom. The molecule has 0 radical (unpaired) electrons. The molecule has 2 aromatic carbocycles. The van der Waals surface area contributed by atoms with E-state index in [0.29, 0.717) is 0 Å². The van der Waals surface area contributed by atoms with E-state index >= 15 is 0 Å². The topological polar surface area (TPSA) is 110 Å². The van der Waals surface area contributed by atoms with Crippen molar-refractivity contribution in [2.24, 2.45) is 0 Å². The van der Waals surface area contributed by atoms with Crippen LogP contribution in [-0.4, -0.2) is 32.0 Å². The highest BCUT2D eigenvalue weighted by molar-refractivity contribution is 7.92. The van der Waals surface area contributed by atoms with Crippen molar-refractivity contribution in [3.63, 3.8) is 0 Å². The summed E-state index contributed by atoms with van der Waals surface area (Å²) in [6.45, 7) is 4.02. The minimum absolute atomic E-state index is 0.0486. The zero-order valence-corrected chi connectivity index (χ0v) is 18.2. The van der Waals surface area contributed by atoms with Crippen LogP contribution in [0.15, 0.2) is 48.5 Å². The van der Waals surface area contributed by atoms with E-state index < -0.39 is 14.9 Å². The standard InChI is InChI=1S/C21H27N3O5S/c1-4-17-10-12-18(13-11-17)16(2)22-21(25)9-6-14-23(30(3,28)29)19-7-5-8-20(15-19)24(26)27/h5,7-8,10-13,15-16H,4,6,9,14H2,1-3H3,(H,22,25). The zero-order chi connectivity index (χ0) is 22.3. The van der Waals surface area contributed by atoms with Gasteiger partial charge in [-0.1, -0.05) is 37.3 Å². The Labute approximate surface area is 177 Å². The Morgan fingerprint density at radius 3 is 2.43 bits per heavy atom. The van der Waals surface area contributed by atoms with E-state index in [2.05, 4.69) is 12.2 Å².